The number of nitrogens with two attached hydrogens (primary N) is 1. The molecule has 0 fully saturated rings. The first-order valence-electron chi connectivity index (χ1n) is 5.60. The minimum absolute atomic E-state index is 0.443. The van der Waals surface area contributed by atoms with Crippen molar-refractivity contribution in [1.82, 2.24) is 15.1 Å². The molecule has 5 nitrogen and oxygen atoms in total. The molecule has 2 heterocycles. The number of nitrogens with zero attached hydrogens (tertiary/aromatic N) is 3. The second-order valence-electron chi connectivity index (χ2n) is 4.36. The van der Waals surface area contributed by atoms with Crippen LogP contribution < -0.4 is 5.73 Å². The predicted octanol–water partition coefficient (Wildman–Crippen LogP) is 2.02. The van der Waals surface area contributed by atoms with Crippen molar-refractivity contribution in [3.63, 3.8) is 0 Å². The number of pyridine rings is 1. The molecule has 0 aliphatic heterocycles. The second kappa shape index (κ2) is 4.25. The summed E-state index contributed by atoms with van der Waals surface area (Å²) in [6, 6.07) is 5.68. The van der Waals surface area contributed by atoms with E-state index in [9.17, 15) is 0 Å². The fourth-order valence-electron chi connectivity index (χ4n) is 1.38. The molecule has 0 spiro atoms. The van der Waals surface area contributed by atoms with Gasteiger partial charge in [-0.1, -0.05) is 18.1 Å². The molecule has 0 aromatic carbocycles. The summed E-state index contributed by atoms with van der Waals surface area (Å²) in [4.78, 5) is 8.64. The first kappa shape index (κ1) is 11.7. The molecule has 5 heteroatoms. The van der Waals surface area contributed by atoms with Gasteiger partial charge in [-0.2, -0.15) is 4.98 Å². The van der Waals surface area contributed by atoms with E-state index < -0.39 is 5.54 Å². The molecule has 0 aliphatic rings. The maximum absolute atomic E-state index is 6.04. The third-order valence-electron chi connectivity index (χ3n) is 2.77. The number of aromatic nitrogens is 3. The summed E-state index contributed by atoms with van der Waals surface area (Å²) in [5.74, 6) is 0.923. The molecule has 0 saturated heterocycles. The van der Waals surface area contributed by atoms with E-state index in [0.717, 1.165) is 12.1 Å². The van der Waals surface area contributed by atoms with Crippen molar-refractivity contribution < 1.29 is 4.52 Å². The molecule has 2 N–H and O–H groups in total. The van der Waals surface area contributed by atoms with E-state index in [2.05, 4.69) is 15.1 Å². The lowest BCUT2D eigenvalue weighted by molar-refractivity contribution is 0.291. The maximum atomic E-state index is 6.04. The van der Waals surface area contributed by atoms with Gasteiger partial charge in [0.05, 0.1) is 5.54 Å². The minimum Gasteiger partial charge on any atom is -0.337 e. The summed E-state index contributed by atoms with van der Waals surface area (Å²) in [7, 11) is 0. The lowest BCUT2D eigenvalue weighted by Gasteiger charge is -2.16. The fourth-order valence-corrected chi connectivity index (χ4v) is 1.38. The Morgan fingerprint density at radius 2 is 2.12 bits per heavy atom. The quantitative estimate of drug-likeness (QED) is 0.876. The maximum Gasteiger partial charge on any atom is 0.246 e. The summed E-state index contributed by atoms with van der Waals surface area (Å²) >= 11 is 0. The van der Waals surface area contributed by atoms with Gasteiger partial charge in [-0.3, -0.25) is 0 Å². The third-order valence-corrected chi connectivity index (χ3v) is 2.77. The van der Waals surface area contributed by atoms with Gasteiger partial charge in [0.2, 0.25) is 11.7 Å². The fraction of sp³-hybridized carbons (Fsp3) is 0.417. The van der Waals surface area contributed by atoms with E-state index in [-0.39, 0.29) is 0 Å². The Morgan fingerprint density at radius 3 is 2.76 bits per heavy atom. The van der Waals surface area contributed by atoms with Crippen molar-refractivity contribution in [2.45, 2.75) is 32.7 Å². The molecule has 0 aliphatic carbocycles. The normalized spacial score (nSPS) is 14.6. The van der Waals surface area contributed by atoms with Crippen molar-refractivity contribution in [2.75, 3.05) is 0 Å². The number of hydrogen-bond donors (Lipinski definition) is 1. The third kappa shape index (κ3) is 2.34. The highest BCUT2D eigenvalue weighted by molar-refractivity contribution is 5.48. The van der Waals surface area contributed by atoms with E-state index in [0.29, 0.717) is 17.4 Å². The topological polar surface area (TPSA) is 77.8 Å². The van der Waals surface area contributed by atoms with E-state index in [1.807, 2.05) is 39.0 Å². The van der Waals surface area contributed by atoms with Gasteiger partial charge < -0.3 is 10.3 Å². The molecule has 17 heavy (non-hydrogen) atoms. The largest absolute Gasteiger partial charge is 0.337 e. The second-order valence-corrected chi connectivity index (χ2v) is 4.36. The zero-order chi connectivity index (χ0) is 12.5. The molecule has 0 saturated carbocycles. The molecule has 2 rings (SSSR count). The van der Waals surface area contributed by atoms with Crippen LogP contribution >= 0.6 is 0 Å². The van der Waals surface area contributed by atoms with Crippen molar-refractivity contribution in [3.05, 3.63) is 29.8 Å². The van der Waals surface area contributed by atoms with Gasteiger partial charge in [-0.15, -0.1) is 0 Å². The molecule has 0 bridgehead atoms. The van der Waals surface area contributed by atoms with Crippen molar-refractivity contribution in [1.29, 1.82) is 0 Å². The highest BCUT2D eigenvalue weighted by Gasteiger charge is 2.26. The molecule has 0 amide bonds. The van der Waals surface area contributed by atoms with Gasteiger partial charge in [-0.05, 0) is 32.4 Å². The van der Waals surface area contributed by atoms with Gasteiger partial charge in [0, 0.05) is 5.69 Å². The molecule has 2 aromatic rings. The summed E-state index contributed by atoms with van der Waals surface area (Å²) in [5, 5.41) is 3.91. The number of hydrogen-bond acceptors (Lipinski definition) is 5. The van der Waals surface area contributed by atoms with E-state index in [4.69, 9.17) is 10.3 Å². The first-order valence-corrected chi connectivity index (χ1v) is 5.60. The van der Waals surface area contributed by atoms with Crippen LogP contribution in [0.3, 0.4) is 0 Å². The number of rotatable bonds is 3. The predicted molar refractivity (Wildman–Crippen MR) is 64.1 cm³/mol. The van der Waals surface area contributed by atoms with Crippen LogP contribution in [-0.4, -0.2) is 15.1 Å². The molecule has 0 radical (unpaired) electrons. The molecule has 1 unspecified atom stereocenters. The Bertz CT molecular complexity index is 519. The lowest BCUT2D eigenvalue weighted by Crippen LogP contribution is -2.32. The number of aryl methyl sites for hydroxylation is 1. The monoisotopic (exact) mass is 232 g/mol. The van der Waals surface area contributed by atoms with E-state index in [1.54, 1.807) is 0 Å². The average Bonchev–Trinajstić information content (AvgIpc) is 2.79. The minimum atomic E-state index is -0.588. The molecule has 1 atom stereocenters. The summed E-state index contributed by atoms with van der Waals surface area (Å²) in [6.45, 7) is 5.77. The highest BCUT2D eigenvalue weighted by atomic mass is 16.5. The smallest absolute Gasteiger partial charge is 0.246 e. The zero-order valence-electron chi connectivity index (χ0n) is 10.3. The standard InChI is InChI=1S/C12H16N4O/c1-4-12(3,13)11-15-10(16-17-11)9-7-5-6-8(2)14-9/h5-7H,4,13H2,1-3H3. The molecular weight excluding hydrogens is 216 g/mol. The van der Waals surface area contributed by atoms with Crippen LogP contribution in [0, 0.1) is 6.92 Å². The first-order chi connectivity index (χ1) is 8.03. The van der Waals surface area contributed by atoms with Gasteiger partial charge in [0.15, 0.2) is 0 Å². The molecule has 90 valence electrons. The van der Waals surface area contributed by atoms with Crippen LogP contribution in [0.25, 0.3) is 11.5 Å². The Morgan fingerprint density at radius 1 is 1.35 bits per heavy atom. The Balaban J connectivity index is 2.36. The van der Waals surface area contributed by atoms with Gasteiger partial charge >= 0.3 is 0 Å². The Labute approximate surface area is 100 Å². The average molecular weight is 232 g/mol. The molecule has 2 aromatic heterocycles. The zero-order valence-corrected chi connectivity index (χ0v) is 10.3. The van der Waals surface area contributed by atoms with Crippen LogP contribution in [0.1, 0.15) is 31.9 Å². The highest BCUT2D eigenvalue weighted by Crippen LogP contribution is 2.22. The SMILES string of the molecule is CCC(C)(N)c1nc(-c2cccc(C)n2)no1. The molecular formula is C12H16N4O. The van der Waals surface area contributed by atoms with Crippen LogP contribution in [0.5, 0.6) is 0 Å². The van der Waals surface area contributed by atoms with Crippen LogP contribution in [0.2, 0.25) is 0 Å². The van der Waals surface area contributed by atoms with Gasteiger partial charge in [-0.25, -0.2) is 4.98 Å². The van der Waals surface area contributed by atoms with Crippen LogP contribution in [0.15, 0.2) is 22.7 Å². The van der Waals surface area contributed by atoms with Crippen molar-refractivity contribution >= 4 is 0 Å². The Hall–Kier alpha value is -1.75. The van der Waals surface area contributed by atoms with Gasteiger partial charge in [0.25, 0.3) is 0 Å². The lowest BCUT2D eigenvalue weighted by atomic mass is 10.0. The van der Waals surface area contributed by atoms with Crippen LogP contribution in [0.4, 0.5) is 0 Å². The van der Waals surface area contributed by atoms with Crippen LogP contribution in [-0.2, 0) is 5.54 Å². The summed E-state index contributed by atoms with van der Waals surface area (Å²) < 4.78 is 5.19. The summed E-state index contributed by atoms with van der Waals surface area (Å²) in [5.41, 5.74) is 7.07. The van der Waals surface area contributed by atoms with E-state index in [1.165, 1.54) is 0 Å². The van der Waals surface area contributed by atoms with E-state index >= 15 is 0 Å². The summed E-state index contributed by atoms with van der Waals surface area (Å²) in [6.07, 6.45) is 0.732. The van der Waals surface area contributed by atoms with Crippen molar-refractivity contribution in [2.24, 2.45) is 5.73 Å². The van der Waals surface area contributed by atoms with Gasteiger partial charge in [0.1, 0.15) is 5.69 Å². The van der Waals surface area contributed by atoms with Crippen molar-refractivity contribution in [3.8, 4) is 11.5 Å². The Kier molecular flexibility index (Phi) is 2.93.